The fourth-order valence-corrected chi connectivity index (χ4v) is 4.67. The second-order valence-corrected chi connectivity index (χ2v) is 8.11. The Morgan fingerprint density at radius 2 is 1.64 bits per heavy atom. The van der Waals surface area contributed by atoms with Crippen LogP contribution in [-0.4, -0.2) is 91.4 Å². The van der Waals surface area contributed by atoms with Gasteiger partial charge in [-0.2, -0.15) is 0 Å². The first kappa shape index (κ1) is 19.3. The van der Waals surface area contributed by atoms with Crippen molar-refractivity contribution in [1.29, 1.82) is 0 Å². The van der Waals surface area contributed by atoms with E-state index in [9.17, 15) is 0 Å². The van der Waals surface area contributed by atoms with E-state index in [1.54, 1.807) is 0 Å². The molecule has 3 saturated heterocycles. The van der Waals surface area contributed by atoms with E-state index in [1.165, 1.54) is 58.2 Å². The summed E-state index contributed by atoms with van der Waals surface area (Å²) >= 11 is 5.74. The number of likely N-dealkylation sites (tertiary alicyclic amines) is 2. The monoisotopic (exact) mass is 368 g/mol. The first-order valence-electron chi connectivity index (χ1n) is 10.4. The first-order chi connectivity index (χ1) is 12.3. The summed E-state index contributed by atoms with van der Waals surface area (Å²) in [6.45, 7) is 11.1. The van der Waals surface area contributed by atoms with E-state index >= 15 is 0 Å². The van der Waals surface area contributed by atoms with E-state index in [1.807, 2.05) is 0 Å². The van der Waals surface area contributed by atoms with Gasteiger partial charge in [-0.25, -0.2) is 0 Å². The number of nitrogens with zero attached hydrogens (tertiary/aromatic N) is 3. The molecule has 0 aliphatic carbocycles. The lowest BCUT2D eigenvalue weighted by atomic mass is 9.99. The first-order valence-corrected chi connectivity index (χ1v) is 10.8. The van der Waals surface area contributed by atoms with Crippen LogP contribution >= 0.6 is 12.2 Å². The molecule has 25 heavy (non-hydrogen) atoms. The van der Waals surface area contributed by atoms with E-state index in [4.69, 9.17) is 17.0 Å². The van der Waals surface area contributed by atoms with Crippen molar-refractivity contribution in [1.82, 2.24) is 20.0 Å². The average Bonchev–Trinajstić information content (AvgIpc) is 3.18. The van der Waals surface area contributed by atoms with Crippen LogP contribution in [0.3, 0.4) is 0 Å². The van der Waals surface area contributed by atoms with E-state index < -0.39 is 0 Å². The van der Waals surface area contributed by atoms with E-state index in [-0.39, 0.29) is 0 Å². The van der Waals surface area contributed by atoms with Crippen LogP contribution in [0.1, 0.15) is 44.9 Å². The summed E-state index contributed by atoms with van der Waals surface area (Å²) in [5, 5.41) is 4.53. The second kappa shape index (κ2) is 10.7. The van der Waals surface area contributed by atoms with Crippen LogP contribution in [0.4, 0.5) is 0 Å². The third-order valence-electron chi connectivity index (χ3n) is 5.90. The topological polar surface area (TPSA) is 31.0 Å². The maximum Gasteiger partial charge on any atom is 0.169 e. The van der Waals surface area contributed by atoms with Crippen LogP contribution in [0.2, 0.25) is 0 Å². The van der Waals surface area contributed by atoms with Crippen LogP contribution in [0, 0.1) is 0 Å². The van der Waals surface area contributed by atoms with Crippen molar-refractivity contribution < 1.29 is 4.74 Å². The number of hydrogen-bond acceptors (Lipinski definition) is 4. The molecule has 0 spiro atoms. The van der Waals surface area contributed by atoms with Crippen LogP contribution < -0.4 is 5.32 Å². The van der Waals surface area contributed by atoms with Crippen molar-refractivity contribution >= 4 is 17.3 Å². The van der Waals surface area contributed by atoms with Crippen LogP contribution in [0.25, 0.3) is 0 Å². The molecule has 0 radical (unpaired) electrons. The Morgan fingerprint density at radius 3 is 2.44 bits per heavy atom. The van der Waals surface area contributed by atoms with Gasteiger partial charge in [0.25, 0.3) is 0 Å². The summed E-state index contributed by atoms with van der Waals surface area (Å²) in [7, 11) is 0. The van der Waals surface area contributed by atoms with Crippen LogP contribution in [-0.2, 0) is 4.74 Å². The van der Waals surface area contributed by atoms with Gasteiger partial charge in [-0.1, -0.05) is 0 Å². The average molecular weight is 369 g/mol. The van der Waals surface area contributed by atoms with Gasteiger partial charge >= 0.3 is 0 Å². The molecule has 144 valence electrons. The predicted octanol–water partition coefficient (Wildman–Crippen LogP) is 1.92. The zero-order valence-corrected chi connectivity index (χ0v) is 16.6. The standard InChI is InChI=1S/C19H36N4OS/c25-19(20-8-5-11-22-14-16-24-17-15-22)23-12-2-1-6-18(23)7-13-21-9-3-4-10-21/h18H,1-17H2,(H,20,25)/t18-/m0/s1. The molecular formula is C19H36N4OS. The molecular weight excluding hydrogens is 332 g/mol. The quantitative estimate of drug-likeness (QED) is 0.546. The lowest BCUT2D eigenvalue weighted by molar-refractivity contribution is 0.0375. The van der Waals surface area contributed by atoms with Crippen molar-refractivity contribution in [3.63, 3.8) is 0 Å². The Morgan fingerprint density at radius 1 is 0.920 bits per heavy atom. The Labute approximate surface area is 159 Å². The van der Waals surface area contributed by atoms with Gasteiger partial charge < -0.3 is 19.9 Å². The summed E-state index contributed by atoms with van der Waals surface area (Å²) in [5.74, 6) is 0. The number of ether oxygens (including phenoxy) is 1. The van der Waals surface area contributed by atoms with E-state index in [2.05, 4.69) is 20.0 Å². The zero-order chi connectivity index (χ0) is 17.3. The minimum absolute atomic E-state index is 0.647. The highest BCUT2D eigenvalue weighted by molar-refractivity contribution is 7.80. The van der Waals surface area contributed by atoms with E-state index in [0.717, 1.165) is 57.5 Å². The lowest BCUT2D eigenvalue weighted by Gasteiger charge is -2.38. The maximum absolute atomic E-state index is 5.74. The molecule has 0 aromatic heterocycles. The molecule has 5 nitrogen and oxygen atoms in total. The number of nitrogens with one attached hydrogen (secondary N) is 1. The molecule has 3 aliphatic heterocycles. The summed E-state index contributed by atoms with van der Waals surface area (Å²) in [5.41, 5.74) is 0. The fourth-order valence-electron chi connectivity index (χ4n) is 4.33. The molecule has 0 bridgehead atoms. The molecule has 1 atom stereocenters. The molecule has 3 rings (SSSR count). The molecule has 0 saturated carbocycles. The van der Waals surface area contributed by atoms with Gasteiger partial charge in [0.2, 0.25) is 0 Å². The maximum atomic E-state index is 5.74. The molecule has 0 amide bonds. The zero-order valence-electron chi connectivity index (χ0n) is 15.8. The summed E-state index contributed by atoms with van der Waals surface area (Å²) in [6.07, 6.45) is 9.16. The van der Waals surface area contributed by atoms with Gasteiger partial charge in [0.05, 0.1) is 13.2 Å². The molecule has 0 aromatic carbocycles. The molecule has 6 heteroatoms. The Balaban J connectivity index is 1.34. The molecule has 3 heterocycles. The third kappa shape index (κ3) is 6.35. The van der Waals surface area contributed by atoms with Crippen molar-refractivity contribution in [3.8, 4) is 0 Å². The van der Waals surface area contributed by atoms with Crippen LogP contribution in [0.15, 0.2) is 0 Å². The molecule has 0 aromatic rings. The van der Waals surface area contributed by atoms with E-state index in [0.29, 0.717) is 6.04 Å². The summed E-state index contributed by atoms with van der Waals surface area (Å²) in [4.78, 5) is 7.61. The van der Waals surface area contributed by atoms with Gasteiger partial charge in [-0.05, 0) is 76.8 Å². The van der Waals surface area contributed by atoms with Crippen molar-refractivity contribution in [2.45, 2.75) is 51.0 Å². The Bertz CT molecular complexity index is 397. The van der Waals surface area contributed by atoms with Crippen molar-refractivity contribution in [3.05, 3.63) is 0 Å². The highest BCUT2D eigenvalue weighted by Crippen LogP contribution is 2.21. The fraction of sp³-hybridized carbons (Fsp3) is 0.947. The Kier molecular flexibility index (Phi) is 8.24. The van der Waals surface area contributed by atoms with Gasteiger partial charge in [-0.3, -0.25) is 4.90 Å². The molecule has 3 aliphatic rings. The number of hydrogen-bond donors (Lipinski definition) is 1. The highest BCUT2D eigenvalue weighted by Gasteiger charge is 2.25. The van der Waals surface area contributed by atoms with Crippen molar-refractivity contribution in [2.24, 2.45) is 0 Å². The van der Waals surface area contributed by atoms with Gasteiger partial charge in [0.1, 0.15) is 0 Å². The highest BCUT2D eigenvalue weighted by atomic mass is 32.1. The normalized spacial score (nSPS) is 26.1. The third-order valence-corrected chi connectivity index (χ3v) is 6.28. The number of thiocarbonyl (C=S) groups is 1. The smallest absolute Gasteiger partial charge is 0.169 e. The lowest BCUT2D eigenvalue weighted by Crippen LogP contribution is -2.49. The molecule has 0 unspecified atom stereocenters. The Hall–Kier alpha value is -0.430. The SMILES string of the molecule is S=C(NCCCN1CCOCC1)N1CCCC[C@H]1CCN1CCCC1. The minimum atomic E-state index is 0.647. The number of piperidine rings is 1. The molecule has 3 fully saturated rings. The minimum Gasteiger partial charge on any atom is -0.379 e. The predicted molar refractivity (Wildman–Crippen MR) is 107 cm³/mol. The number of rotatable bonds is 7. The molecule has 1 N–H and O–H groups in total. The summed E-state index contributed by atoms with van der Waals surface area (Å²) in [6, 6.07) is 0.647. The second-order valence-electron chi connectivity index (χ2n) is 7.72. The van der Waals surface area contributed by atoms with Gasteiger partial charge in [-0.15, -0.1) is 0 Å². The van der Waals surface area contributed by atoms with Gasteiger partial charge in [0.15, 0.2) is 5.11 Å². The number of morpholine rings is 1. The summed E-state index contributed by atoms with van der Waals surface area (Å²) < 4.78 is 5.41. The van der Waals surface area contributed by atoms with Crippen LogP contribution in [0.5, 0.6) is 0 Å². The van der Waals surface area contributed by atoms with Crippen molar-refractivity contribution in [2.75, 3.05) is 65.6 Å². The van der Waals surface area contributed by atoms with Gasteiger partial charge in [0, 0.05) is 38.8 Å². The largest absolute Gasteiger partial charge is 0.379 e.